The Morgan fingerprint density at radius 3 is 1.67 bits per heavy atom. The Morgan fingerprint density at radius 2 is 1.67 bits per heavy atom. The summed E-state index contributed by atoms with van der Waals surface area (Å²) in [5.41, 5.74) is 0. The fourth-order valence-corrected chi connectivity index (χ4v) is 0. The van der Waals surface area contributed by atoms with Crippen molar-refractivity contribution in [3.8, 4) is 0 Å². The van der Waals surface area contributed by atoms with Gasteiger partial charge in [-0.1, -0.05) is 0 Å². The first-order valence-corrected chi connectivity index (χ1v) is 0.908. The van der Waals surface area contributed by atoms with E-state index in [-0.39, 0.29) is 55.1 Å². The molecule has 0 heterocycles. The van der Waals surface area contributed by atoms with Crippen LogP contribution in [0, 0.1) is 0 Å². The molecule has 0 aliphatic rings. The average Bonchev–Trinajstić information content (AvgIpc) is 0.811. The van der Waals surface area contributed by atoms with Crippen molar-refractivity contribution in [2.75, 3.05) is 0 Å². The summed E-state index contributed by atoms with van der Waals surface area (Å²) < 4.78 is 0. The Bertz CT molecular complexity index is 34.5. The maximum absolute atomic E-state index is 8.89. The molecule has 0 radical (unpaired) electrons. The smallest absolute Gasteiger partial charge is 0.550 e. The molecule has 0 aliphatic carbocycles. The second-order valence-electron chi connectivity index (χ2n) is 0.492. The Morgan fingerprint density at radius 1 is 1.67 bits per heavy atom. The van der Waals surface area contributed by atoms with Crippen LogP contribution in [0.25, 0.3) is 0 Å². The van der Waals surface area contributed by atoms with E-state index in [2.05, 4.69) is 0 Å². The number of carbonyl (C=O) groups is 1. The molecular formula is C2H3AlCaO2+4. The van der Waals surface area contributed by atoms with Crippen molar-refractivity contribution < 1.29 is 9.90 Å². The van der Waals surface area contributed by atoms with Gasteiger partial charge in [-0.15, -0.1) is 0 Å². The van der Waals surface area contributed by atoms with Crippen molar-refractivity contribution in [3.05, 3.63) is 0 Å². The molecule has 0 aromatic carbocycles. The van der Waals surface area contributed by atoms with E-state index in [1.807, 2.05) is 0 Å². The van der Waals surface area contributed by atoms with Crippen molar-refractivity contribution in [3.63, 3.8) is 0 Å². The first kappa shape index (κ1) is 15.7. The molecule has 0 aromatic heterocycles. The van der Waals surface area contributed by atoms with Crippen molar-refractivity contribution in [1.29, 1.82) is 0 Å². The summed E-state index contributed by atoms with van der Waals surface area (Å²) in [5, 5.41) is 8.89. The molecule has 0 N–H and O–H groups in total. The summed E-state index contributed by atoms with van der Waals surface area (Å²) in [6.45, 7) is 0.972. The molecule has 0 fully saturated rings. The van der Waals surface area contributed by atoms with Gasteiger partial charge in [0, 0.05) is 5.97 Å². The SMILES string of the molecule is CC(=O)[O-].[Al+3].[Ca+2]. The first-order chi connectivity index (χ1) is 1.73. The van der Waals surface area contributed by atoms with Crippen LogP contribution in [-0.4, -0.2) is 61.1 Å². The third-order valence-electron chi connectivity index (χ3n) is 0. The second-order valence-corrected chi connectivity index (χ2v) is 0.492. The molecule has 6 heavy (non-hydrogen) atoms. The van der Waals surface area contributed by atoms with E-state index in [9.17, 15) is 0 Å². The summed E-state index contributed by atoms with van der Waals surface area (Å²) in [6, 6.07) is 0. The van der Waals surface area contributed by atoms with Crippen molar-refractivity contribution in [1.82, 2.24) is 0 Å². The van der Waals surface area contributed by atoms with E-state index in [4.69, 9.17) is 9.90 Å². The first-order valence-electron chi connectivity index (χ1n) is 0.908. The zero-order chi connectivity index (χ0) is 3.58. The minimum atomic E-state index is -1.08. The third kappa shape index (κ3) is 60.0. The Kier molecular flexibility index (Phi) is 24.9. The van der Waals surface area contributed by atoms with Gasteiger partial charge in [0.15, 0.2) is 0 Å². The normalized spacial score (nSPS) is 4.17. The maximum atomic E-state index is 8.89. The summed E-state index contributed by atoms with van der Waals surface area (Å²) in [6.07, 6.45) is 0. The molecule has 0 aromatic rings. The molecule has 2 nitrogen and oxygen atoms in total. The monoisotopic (exact) mass is 126 g/mol. The van der Waals surface area contributed by atoms with Crippen LogP contribution in [0.4, 0.5) is 0 Å². The van der Waals surface area contributed by atoms with Gasteiger partial charge in [0.1, 0.15) is 0 Å². The molecule has 0 atom stereocenters. The molecular weight excluding hydrogens is 123 g/mol. The number of aliphatic carboxylic acids is 1. The molecule has 0 unspecified atom stereocenters. The summed E-state index contributed by atoms with van der Waals surface area (Å²) >= 11 is 0. The third-order valence-corrected chi connectivity index (χ3v) is 0. The zero-order valence-electron chi connectivity index (χ0n) is 3.60. The number of carboxylic acids is 1. The molecule has 0 saturated carbocycles. The van der Waals surface area contributed by atoms with E-state index < -0.39 is 5.97 Å². The summed E-state index contributed by atoms with van der Waals surface area (Å²) in [4.78, 5) is 8.89. The number of hydrogen-bond donors (Lipinski definition) is 0. The molecule has 0 amide bonds. The van der Waals surface area contributed by atoms with Crippen LogP contribution in [0.15, 0.2) is 0 Å². The van der Waals surface area contributed by atoms with E-state index in [0.717, 1.165) is 6.92 Å². The quantitative estimate of drug-likeness (QED) is 0.352. The van der Waals surface area contributed by atoms with Gasteiger partial charge in [-0.3, -0.25) is 0 Å². The molecule has 4 heteroatoms. The van der Waals surface area contributed by atoms with Gasteiger partial charge >= 0.3 is 55.1 Å². The fraction of sp³-hybridized carbons (Fsp3) is 0.500. The predicted octanol–water partition coefficient (Wildman–Crippen LogP) is -2.01. The van der Waals surface area contributed by atoms with Crippen LogP contribution >= 0.6 is 0 Å². The number of carbonyl (C=O) groups excluding carboxylic acids is 1. The largest absolute Gasteiger partial charge is 3.00 e. The van der Waals surface area contributed by atoms with Crippen LogP contribution in [0.2, 0.25) is 0 Å². The van der Waals surface area contributed by atoms with Gasteiger partial charge in [0.2, 0.25) is 0 Å². The number of rotatable bonds is 0. The standard InChI is InChI=1S/C2H4O2.Al.Ca/c1-2(3)4;;/h1H3,(H,3,4);;/q;+3;+2/p-1. The topological polar surface area (TPSA) is 40.1 Å². The molecule has 0 rings (SSSR count). The van der Waals surface area contributed by atoms with Gasteiger partial charge in [-0.2, -0.15) is 0 Å². The number of hydrogen-bond acceptors (Lipinski definition) is 2. The van der Waals surface area contributed by atoms with Crippen molar-refractivity contribution >= 4 is 61.1 Å². The second kappa shape index (κ2) is 9.55. The van der Waals surface area contributed by atoms with Crippen LogP contribution < -0.4 is 5.11 Å². The van der Waals surface area contributed by atoms with Crippen LogP contribution in [0.3, 0.4) is 0 Å². The van der Waals surface area contributed by atoms with E-state index >= 15 is 0 Å². The van der Waals surface area contributed by atoms with Crippen molar-refractivity contribution in [2.45, 2.75) is 6.92 Å². The van der Waals surface area contributed by atoms with Crippen molar-refractivity contribution in [2.24, 2.45) is 0 Å². The Balaban J connectivity index is -0.0000000450. The summed E-state index contributed by atoms with van der Waals surface area (Å²) in [5.74, 6) is -1.08. The van der Waals surface area contributed by atoms with Crippen LogP contribution in [0.1, 0.15) is 6.92 Å². The van der Waals surface area contributed by atoms with E-state index in [1.165, 1.54) is 0 Å². The minimum Gasteiger partial charge on any atom is -0.550 e. The van der Waals surface area contributed by atoms with Gasteiger partial charge in [0.05, 0.1) is 0 Å². The number of carboxylic acid groups (broad SMARTS) is 1. The zero-order valence-corrected chi connectivity index (χ0v) is 6.96. The molecule has 0 spiro atoms. The minimum absolute atomic E-state index is 0. The van der Waals surface area contributed by atoms with E-state index in [1.54, 1.807) is 0 Å². The Hall–Kier alpha value is 1.26. The van der Waals surface area contributed by atoms with E-state index in [0.29, 0.717) is 0 Å². The van der Waals surface area contributed by atoms with Gasteiger partial charge in [0.25, 0.3) is 0 Å². The molecule has 0 saturated heterocycles. The van der Waals surface area contributed by atoms with Crippen LogP contribution in [0.5, 0.6) is 0 Å². The van der Waals surface area contributed by atoms with Gasteiger partial charge in [-0.25, -0.2) is 0 Å². The molecule has 0 bridgehead atoms. The van der Waals surface area contributed by atoms with Gasteiger partial charge in [-0.05, 0) is 6.92 Å². The molecule has 0 aliphatic heterocycles. The maximum Gasteiger partial charge on any atom is 3.00 e. The van der Waals surface area contributed by atoms with Gasteiger partial charge < -0.3 is 9.90 Å². The predicted molar refractivity (Wildman–Crippen MR) is 22.2 cm³/mol. The fourth-order valence-electron chi connectivity index (χ4n) is 0. The summed E-state index contributed by atoms with van der Waals surface area (Å²) in [7, 11) is 0. The Labute approximate surface area is 77.0 Å². The van der Waals surface area contributed by atoms with Crippen LogP contribution in [-0.2, 0) is 4.79 Å². The molecule has 24 valence electrons. The average molecular weight is 126 g/mol.